The van der Waals surface area contributed by atoms with Crippen LogP contribution in [0.5, 0.6) is 0 Å². The van der Waals surface area contributed by atoms with E-state index in [4.69, 9.17) is 0 Å². The maximum absolute atomic E-state index is 12.8. The molecule has 0 spiro atoms. The highest BCUT2D eigenvalue weighted by atomic mass is 32.2. The van der Waals surface area contributed by atoms with Gasteiger partial charge in [-0.1, -0.05) is 30.3 Å². The molecule has 2 aliphatic heterocycles. The van der Waals surface area contributed by atoms with Crippen LogP contribution in [-0.2, 0) is 21.2 Å². The summed E-state index contributed by atoms with van der Waals surface area (Å²) in [5.41, 5.74) is 1.16. The lowest BCUT2D eigenvalue weighted by molar-refractivity contribution is -0.126. The molecule has 30 heavy (non-hydrogen) atoms. The minimum absolute atomic E-state index is 0.0205. The van der Waals surface area contributed by atoms with E-state index in [2.05, 4.69) is 17.3 Å². The fourth-order valence-electron chi connectivity index (χ4n) is 4.54. The van der Waals surface area contributed by atoms with Gasteiger partial charge in [0.05, 0.1) is 11.7 Å². The van der Waals surface area contributed by atoms with Crippen LogP contribution in [0.25, 0.3) is 0 Å². The molecule has 0 bridgehead atoms. The summed E-state index contributed by atoms with van der Waals surface area (Å²) >= 11 is 0. The molecule has 0 radical (unpaired) electrons. The van der Waals surface area contributed by atoms with Gasteiger partial charge in [0, 0.05) is 19.6 Å². The lowest BCUT2D eigenvalue weighted by Gasteiger charge is -2.32. The van der Waals surface area contributed by atoms with Crippen LogP contribution in [0.4, 0.5) is 0 Å². The third-order valence-electron chi connectivity index (χ3n) is 6.55. The van der Waals surface area contributed by atoms with Gasteiger partial charge in [-0.3, -0.25) is 4.79 Å². The highest BCUT2D eigenvalue weighted by Gasteiger charge is 2.32. The Morgan fingerprint density at radius 3 is 2.57 bits per heavy atom. The number of benzene rings is 1. The zero-order chi connectivity index (χ0) is 21.4. The van der Waals surface area contributed by atoms with Crippen LogP contribution < -0.4 is 5.32 Å². The first-order chi connectivity index (χ1) is 14.4. The molecular formula is C23H37N3O3S. The standard InChI is InChI=1S/C23H37N3O3S/c1-25-16-12-21(13-17-25)11-14-24-23(27)22-10-5-15-26(19-22)30(28,29)18-6-9-20-7-3-2-4-8-20/h2-4,7-8,21-22H,5-6,9-19H2,1H3,(H,24,27). The maximum Gasteiger partial charge on any atom is 0.224 e. The average molecular weight is 436 g/mol. The van der Waals surface area contributed by atoms with Crippen molar-refractivity contribution in [2.75, 3.05) is 45.5 Å². The normalized spacial score (nSPS) is 22.1. The van der Waals surface area contributed by atoms with Crippen molar-refractivity contribution in [3.05, 3.63) is 35.9 Å². The van der Waals surface area contributed by atoms with Crippen LogP contribution in [-0.4, -0.2) is 69.1 Å². The van der Waals surface area contributed by atoms with Gasteiger partial charge in [-0.15, -0.1) is 0 Å². The molecule has 0 aliphatic carbocycles. The summed E-state index contributed by atoms with van der Waals surface area (Å²) < 4.78 is 27.1. The lowest BCUT2D eigenvalue weighted by atomic mass is 9.93. The van der Waals surface area contributed by atoms with Gasteiger partial charge < -0.3 is 10.2 Å². The number of amides is 1. The van der Waals surface area contributed by atoms with Crippen molar-refractivity contribution in [2.24, 2.45) is 11.8 Å². The second kappa shape index (κ2) is 11.3. The molecule has 1 amide bonds. The molecule has 168 valence electrons. The van der Waals surface area contributed by atoms with Gasteiger partial charge >= 0.3 is 0 Å². The molecule has 7 heteroatoms. The van der Waals surface area contributed by atoms with E-state index in [9.17, 15) is 13.2 Å². The summed E-state index contributed by atoms with van der Waals surface area (Å²) in [6, 6.07) is 9.97. The predicted molar refractivity (Wildman–Crippen MR) is 121 cm³/mol. The number of sulfonamides is 1. The molecule has 6 nitrogen and oxygen atoms in total. The van der Waals surface area contributed by atoms with E-state index in [-0.39, 0.29) is 17.6 Å². The van der Waals surface area contributed by atoms with Crippen molar-refractivity contribution in [2.45, 2.75) is 44.9 Å². The Morgan fingerprint density at radius 2 is 1.83 bits per heavy atom. The number of nitrogens with zero attached hydrogens (tertiary/aromatic N) is 2. The summed E-state index contributed by atoms with van der Waals surface area (Å²) in [4.78, 5) is 15.0. The molecule has 1 atom stereocenters. The summed E-state index contributed by atoms with van der Waals surface area (Å²) in [5.74, 6) is 0.633. The van der Waals surface area contributed by atoms with Crippen LogP contribution in [0.2, 0.25) is 0 Å². The van der Waals surface area contributed by atoms with E-state index in [1.165, 1.54) is 12.8 Å². The third-order valence-corrected chi connectivity index (χ3v) is 8.47. The van der Waals surface area contributed by atoms with Gasteiger partial charge in [-0.2, -0.15) is 0 Å². The van der Waals surface area contributed by atoms with Crippen molar-refractivity contribution in [3.63, 3.8) is 0 Å². The number of carbonyl (C=O) groups excluding carboxylic acids is 1. The number of aryl methyl sites for hydroxylation is 1. The highest BCUT2D eigenvalue weighted by Crippen LogP contribution is 2.22. The van der Waals surface area contributed by atoms with Crippen molar-refractivity contribution in [1.29, 1.82) is 0 Å². The molecule has 3 rings (SSSR count). The summed E-state index contributed by atoms with van der Waals surface area (Å²) in [6.07, 6.45) is 6.32. The summed E-state index contributed by atoms with van der Waals surface area (Å²) in [6.45, 7) is 3.84. The molecule has 1 N–H and O–H groups in total. The van der Waals surface area contributed by atoms with E-state index in [1.807, 2.05) is 30.3 Å². The number of carbonyl (C=O) groups is 1. The van der Waals surface area contributed by atoms with Gasteiger partial charge in [0.2, 0.25) is 15.9 Å². The molecule has 2 heterocycles. The molecular weight excluding hydrogens is 398 g/mol. The molecule has 0 aromatic heterocycles. The van der Waals surface area contributed by atoms with Crippen LogP contribution in [0, 0.1) is 11.8 Å². The van der Waals surface area contributed by atoms with Gasteiger partial charge in [-0.05, 0) is 76.6 Å². The Hall–Kier alpha value is -1.44. The zero-order valence-electron chi connectivity index (χ0n) is 18.3. The van der Waals surface area contributed by atoms with Crippen molar-refractivity contribution >= 4 is 15.9 Å². The Bertz CT molecular complexity index is 761. The zero-order valence-corrected chi connectivity index (χ0v) is 19.1. The topological polar surface area (TPSA) is 69.7 Å². The fraction of sp³-hybridized carbons (Fsp3) is 0.696. The molecule has 2 aliphatic rings. The highest BCUT2D eigenvalue weighted by molar-refractivity contribution is 7.89. The molecule has 1 aromatic carbocycles. The van der Waals surface area contributed by atoms with Crippen LogP contribution in [0.3, 0.4) is 0 Å². The Kier molecular flexibility index (Phi) is 8.72. The smallest absolute Gasteiger partial charge is 0.224 e. The minimum Gasteiger partial charge on any atom is -0.356 e. The van der Waals surface area contributed by atoms with E-state index >= 15 is 0 Å². The van der Waals surface area contributed by atoms with Gasteiger partial charge in [0.1, 0.15) is 0 Å². The summed E-state index contributed by atoms with van der Waals surface area (Å²) in [5, 5.41) is 3.07. The number of nitrogens with one attached hydrogen (secondary N) is 1. The van der Waals surface area contributed by atoms with Gasteiger partial charge in [0.15, 0.2) is 0 Å². The van der Waals surface area contributed by atoms with Crippen LogP contribution in [0.15, 0.2) is 30.3 Å². The van der Waals surface area contributed by atoms with Crippen LogP contribution >= 0.6 is 0 Å². The van der Waals surface area contributed by atoms with E-state index in [0.29, 0.717) is 32.0 Å². The second-order valence-electron chi connectivity index (χ2n) is 8.93. The lowest BCUT2D eigenvalue weighted by Crippen LogP contribution is -2.46. The van der Waals surface area contributed by atoms with Gasteiger partial charge in [0.25, 0.3) is 0 Å². The Balaban J connectivity index is 1.40. The number of hydrogen-bond donors (Lipinski definition) is 1. The summed E-state index contributed by atoms with van der Waals surface area (Å²) in [7, 11) is -1.16. The monoisotopic (exact) mass is 435 g/mol. The molecule has 0 saturated carbocycles. The van der Waals surface area contributed by atoms with Crippen molar-refractivity contribution in [1.82, 2.24) is 14.5 Å². The quantitative estimate of drug-likeness (QED) is 0.647. The van der Waals surface area contributed by atoms with Crippen molar-refractivity contribution < 1.29 is 13.2 Å². The molecule has 2 saturated heterocycles. The van der Waals surface area contributed by atoms with E-state index in [0.717, 1.165) is 44.3 Å². The first-order valence-corrected chi connectivity index (χ1v) is 13.0. The Labute approximate surface area is 182 Å². The maximum atomic E-state index is 12.8. The number of rotatable bonds is 9. The second-order valence-corrected chi connectivity index (χ2v) is 11.0. The van der Waals surface area contributed by atoms with Crippen molar-refractivity contribution in [3.8, 4) is 0 Å². The molecule has 2 fully saturated rings. The largest absolute Gasteiger partial charge is 0.356 e. The predicted octanol–water partition coefficient (Wildman–Crippen LogP) is 2.51. The number of hydrogen-bond acceptors (Lipinski definition) is 4. The fourth-order valence-corrected chi connectivity index (χ4v) is 6.12. The van der Waals surface area contributed by atoms with E-state index in [1.54, 1.807) is 4.31 Å². The molecule has 1 aromatic rings. The van der Waals surface area contributed by atoms with E-state index < -0.39 is 10.0 Å². The SMILES string of the molecule is CN1CCC(CCNC(=O)C2CCCN(S(=O)(=O)CCCc3ccccc3)C2)CC1. The first kappa shape index (κ1) is 23.2. The minimum atomic E-state index is -3.31. The van der Waals surface area contributed by atoms with Gasteiger partial charge in [-0.25, -0.2) is 12.7 Å². The molecule has 1 unspecified atom stereocenters. The number of likely N-dealkylation sites (tertiary alicyclic amines) is 1. The van der Waals surface area contributed by atoms with Crippen LogP contribution in [0.1, 0.15) is 44.1 Å². The number of piperidine rings is 2. The first-order valence-electron chi connectivity index (χ1n) is 11.4. The average Bonchev–Trinajstić information content (AvgIpc) is 2.76. The Morgan fingerprint density at radius 1 is 1.10 bits per heavy atom. The third kappa shape index (κ3) is 7.06.